The Morgan fingerprint density at radius 1 is 1.55 bits per heavy atom. The molecule has 6 nitrogen and oxygen atoms in total. The summed E-state index contributed by atoms with van der Waals surface area (Å²) in [6.07, 6.45) is 4.80. The van der Waals surface area contributed by atoms with Crippen LogP contribution >= 0.6 is 0 Å². The number of nitrogens with two attached hydrogens (primary N) is 2. The van der Waals surface area contributed by atoms with Crippen molar-refractivity contribution >= 4 is 17.4 Å². The van der Waals surface area contributed by atoms with E-state index >= 15 is 0 Å². The Morgan fingerprint density at radius 3 is 3.00 bits per heavy atom. The maximum atomic E-state index is 11.4. The molecule has 0 radical (unpaired) electrons. The van der Waals surface area contributed by atoms with E-state index in [9.17, 15) is 4.79 Å². The predicted octanol–water partition coefficient (Wildman–Crippen LogP) is 1.79. The van der Waals surface area contributed by atoms with Crippen LogP contribution in [0.5, 0.6) is 0 Å². The van der Waals surface area contributed by atoms with E-state index in [1.165, 1.54) is 12.3 Å². The van der Waals surface area contributed by atoms with Crippen molar-refractivity contribution in [2.45, 2.75) is 25.8 Å². The molecule has 0 saturated heterocycles. The fourth-order valence-electron chi connectivity index (χ4n) is 1.90. The molecule has 1 unspecified atom stereocenters. The molecule has 5 N–H and O–H groups in total. The van der Waals surface area contributed by atoms with Gasteiger partial charge in [-0.05, 0) is 31.5 Å². The minimum Gasteiger partial charge on any atom is -0.469 e. The molecule has 0 spiro atoms. The van der Waals surface area contributed by atoms with Crippen molar-refractivity contribution in [3.63, 3.8) is 0 Å². The van der Waals surface area contributed by atoms with E-state index in [0.717, 1.165) is 18.6 Å². The highest BCUT2D eigenvalue weighted by Crippen LogP contribution is 2.17. The van der Waals surface area contributed by atoms with Crippen LogP contribution in [0.15, 0.2) is 35.1 Å². The van der Waals surface area contributed by atoms with Crippen molar-refractivity contribution in [3.05, 3.63) is 42.0 Å². The number of rotatable bonds is 6. The summed E-state index contributed by atoms with van der Waals surface area (Å²) in [5.41, 5.74) is 11.6. The monoisotopic (exact) mass is 274 g/mol. The molecular weight excluding hydrogens is 256 g/mol. The van der Waals surface area contributed by atoms with Gasteiger partial charge in [0.15, 0.2) is 0 Å². The van der Waals surface area contributed by atoms with E-state index in [0.29, 0.717) is 17.1 Å². The zero-order valence-electron chi connectivity index (χ0n) is 11.3. The molecule has 0 aliphatic rings. The summed E-state index contributed by atoms with van der Waals surface area (Å²) < 4.78 is 5.28. The normalized spacial score (nSPS) is 12.1. The van der Waals surface area contributed by atoms with Crippen LogP contribution in [0.1, 0.15) is 29.5 Å². The van der Waals surface area contributed by atoms with E-state index in [1.54, 1.807) is 6.26 Å². The molecule has 6 heteroatoms. The molecule has 2 rings (SSSR count). The Balaban J connectivity index is 2.00. The number of hydrogen-bond donors (Lipinski definition) is 3. The molecule has 0 aliphatic carbocycles. The van der Waals surface area contributed by atoms with Crippen molar-refractivity contribution in [2.75, 3.05) is 11.1 Å². The quantitative estimate of drug-likeness (QED) is 0.744. The van der Waals surface area contributed by atoms with Gasteiger partial charge in [0.1, 0.15) is 11.6 Å². The highest BCUT2D eigenvalue weighted by atomic mass is 16.3. The summed E-state index contributed by atoms with van der Waals surface area (Å²) in [5.74, 6) is 0.836. The first-order valence-corrected chi connectivity index (χ1v) is 6.40. The van der Waals surface area contributed by atoms with E-state index in [2.05, 4.69) is 10.3 Å². The van der Waals surface area contributed by atoms with Crippen molar-refractivity contribution in [1.82, 2.24) is 4.98 Å². The second-order valence-electron chi connectivity index (χ2n) is 4.69. The summed E-state index contributed by atoms with van der Waals surface area (Å²) >= 11 is 0. The lowest BCUT2D eigenvalue weighted by Crippen LogP contribution is -2.21. The van der Waals surface area contributed by atoms with Crippen LogP contribution in [-0.4, -0.2) is 16.9 Å². The maximum Gasteiger partial charge on any atom is 0.252 e. The van der Waals surface area contributed by atoms with E-state index < -0.39 is 5.91 Å². The van der Waals surface area contributed by atoms with Gasteiger partial charge < -0.3 is 21.2 Å². The van der Waals surface area contributed by atoms with Crippen molar-refractivity contribution in [3.8, 4) is 0 Å². The van der Waals surface area contributed by atoms with Crippen LogP contribution in [0.3, 0.4) is 0 Å². The maximum absolute atomic E-state index is 11.4. The van der Waals surface area contributed by atoms with Gasteiger partial charge in [-0.2, -0.15) is 0 Å². The van der Waals surface area contributed by atoms with Crippen LogP contribution in [0.4, 0.5) is 11.5 Å². The highest BCUT2D eigenvalue weighted by molar-refractivity contribution is 5.98. The Morgan fingerprint density at radius 2 is 2.35 bits per heavy atom. The zero-order chi connectivity index (χ0) is 14.5. The van der Waals surface area contributed by atoms with Crippen LogP contribution in [0, 0.1) is 0 Å². The molecule has 0 saturated carbocycles. The van der Waals surface area contributed by atoms with Crippen molar-refractivity contribution in [2.24, 2.45) is 5.73 Å². The highest BCUT2D eigenvalue weighted by Gasteiger charge is 2.13. The largest absolute Gasteiger partial charge is 0.469 e. The summed E-state index contributed by atoms with van der Waals surface area (Å²) in [6.45, 7) is 2.01. The van der Waals surface area contributed by atoms with Crippen LogP contribution in [0.25, 0.3) is 0 Å². The number of carbonyl (C=O) groups is 1. The van der Waals surface area contributed by atoms with Gasteiger partial charge in [-0.1, -0.05) is 0 Å². The zero-order valence-corrected chi connectivity index (χ0v) is 11.3. The van der Waals surface area contributed by atoms with Gasteiger partial charge in [0.25, 0.3) is 5.91 Å². The minimum atomic E-state index is -0.550. The molecule has 106 valence electrons. The van der Waals surface area contributed by atoms with Gasteiger partial charge >= 0.3 is 0 Å². The third-order valence-electron chi connectivity index (χ3n) is 2.96. The summed E-state index contributed by atoms with van der Waals surface area (Å²) in [4.78, 5) is 15.5. The predicted molar refractivity (Wildman–Crippen MR) is 77.3 cm³/mol. The first-order chi connectivity index (χ1) is 9.56. The number of aryl methyl sites for hydroxylation is 1. The number of carbonyl (C=O) groups excluding carboxylic acids is 1. The molecule has 2 aromatic rings. The fourth-order valence-corrected chi connectivity index (χ4v) is 1.90. The molecular formula is C14H18N4O2. The number of primary amides is 1. The van der Waals surface area contributed by atoms with Crippen LogP contribution in [-0.2, 0) is 6.42 Å². The van der Waals surface area contributed by atoms with Crippen LogP contribution in [0.2, 0.25) is 0 Å². The standard InChI is InChI=1S/C14H18N4O2/c1-9(4-5-11-3-2-6-20-11)18-14-12(13(16)19)7-10(15)8-17-14/h2-3,6-9H,4-5,15H2,1H3,(H2,16,19)(H,17,18). The minimum absolute atomic E-state index is 0.120. The van der Waals surface area contributed by atoms with Crippen molar-refractivity contribution in [1.29, 1.82) is 0 Å². The molecule has 2 heterocycles. The topological polar surface area (TPSA) is 107 Å². The molecule has 2 aromatic heterocycles. The number of nitrogens with one attached hydrogen (secondary N) is 1. The molecule has 20 heavy (non-hydrogen) atoms. The van der Waals surface area contributed by atoms with Gasteiger partial charge in [0.05, 0.1) is 23.7 Å². The number of amides is 1. The fraction of sp³-hybridized carbons (Fsp3) is 0.286. The van der Waals surface area contributed by atoms with Crippen LogP contribution < -0.4 is 16.8 Å². The smallest absolute Gasteiger partial charge is 0.252 e. The van der Waals surface area contributed by atoms with E-state index in [4.69, 9.17) is 15.9 Å². The Hall–Kier alpha value is -2.50. The number of aromatic nitrogens is 1. The lowest BCUT2D eigenvalue weighted by molar-refractivity contribution is 0.100. The molecule has 1 amide bonds. The second-order valence-corrected chi connectivity index (χ2v) is 4.69. The molecule has 0 aliphatic heterocycles. The third-order valence-corrected chi connectivity index (χ3v) is 2.96. The second kappa shape index (κ2) is 6.10. The third kappa shape index (κ3) is 3.50. The number of pyridine rings is 1. The Kier molecular flexibility index (Phi) is 4.24. The van der Waals surface area contributed by atoms with E-state index in [-0.39, 0.29) is 6.04 Å². The van der Waals surface area contributed by atoms with Gasteiger partial charge in [-0.3, -0.25) is 4.79 Å². The average molecular weight is 274 g/mol. The molecule has 0 bridgehead atoms. The first kappa shape index (κ1) is 13.9. The lowest BCUT2D eigenvalue weighted by atomic mass is 10.1. The summed E-state index contributed by atoms with van der Waals surface area (Å²) in [7, 11) is 0. The average Bonchev–Trinajstić information content (AvgIpc) is 2.91. The van der Waals surface area contributed by atoms with Gasteiger partial charge in [-0.15, -0.1) is 0 Å². The summed E-state index contributed by atoms with van der Waals surface area (Å²) in [5, 5.41) is 3.17. The summed E-state index contributed by atoms with van der Waals surface area (Å²) in [6, 6.07) is 5.44. The van der Waals surface area contributed by atoms with Crippen molar-refractivity contribution < 1.29 is 9.21 Å². The number of nitrogen functional groups attached to an aromatic ring is 1. The van der Waals surface area contributed by atoms with E-state index in [1.807, 2.05) is 19.1 Å². The Labute approximate surface area is 117 Å². The number of hydrogen-bond acceptors (Lipinski definition) is 5. The molecule has 1 atom stereocenters. The van der Waals surface area contributed by atoms with Gasteiger partial charge in [0, 0.05) is 12.5 Å². The SMILES string of the molecule is CC(CCc1ccco1)Nc1ncc(N)cc1C(N)=O. The van der Waals surface area contributed by atoms with Gasteiger partial charge in [-0.25, -0.2) is 4.98 Å². The number of anilines is 2. The molecule has 0 aromatic carbocycles. The first-order valence-electron chi connectivity index (χ1n) is 6.40. The number of nitrogens with zero attached hydrogens (tertiary/aromatic N) is 1. The number of furan rings is 1. The van der Waals surface area contributed by atoms with Gasteiger partial charge in [0.2, 0.25) is 0 Å². The molecule has 0 fully saturated rings. The lowest BCUT2D eigenvalue weighted by Gasteiger charge is -2.16. The Bertz CT molecular complexity index is 581.